The third-order valence-electron chi connectivity index (χ3n) is 5.54. The number of esters is 1. The molecule has 0 aromatic carbocycles. The number of hydrogen-bond acceptors (Lipinski definition) is 6. The van der Waals surface area contributed by atoms with Gasteiger partial charge in [0.2, 0.25) is 5.91 Å². The molecule has 8 heteroatoms. The molecule has 8 nitrogen and oxygen atoms in total. The summed E-state index contributed by atoms with van der Waals surface area (Å²) in [5, 5.41) is 2.91. The number of carbonyl (C=O) groups excluding carboxylic acids is 3. The van der Waals surface area contributed by atoms with Crippen LogP contribution in [0.1, 0.15) is 57.6 Å². The van der Waals surface area contributed by atoms with Crippen molar-refractivity contribution in [1.29, 1.82) is 0 Å². The maximum atomic E-state index is 12.8. The number of aromatic amines is 1. The number of furan rings is 1. The number of rotatable bonds is 8. The summed E-state index contributed by atoms with van der Waals surface area (Å²) < 4.78 is 10.3. The minimum absolute atomic E-state index is 0.0206. The van der Waals surface area contributed by atoms with Gasteiger partial charge in [-0.05, 0) is 64.4 Å². The fourth-order valence-electron chi connectivity index (χ4n) is 3.91. The van der Waals surface area contributed by atoms with E-state index in [0.29, 0.717) is 55.0 Å². The lowest BCUT2D eigenvalue weighted by Crippen LogP contribution is -2.42. The van der Waals surface area contributed by atoms with Crippen molar-refractivity contribution in [2.45, 2.75) is 40.2 Å². The van der Waals surface area contributed by atoms with E-state index in [4.69, 9.17) is 9.15 Å². The molecule has 162 valence electrons. The van der Waals surface area contributed by atoms with E-state index in [2.05, 4.69) is 15.2 Å². The van der Waals surface area contributed by atoms with Crippen LogP contribution >= 0.6 is 0 Å². The van der Waals surface area contributed by atoms with Gasteiger partial charge < -0.3 is 19.5 Å². The minimum Gasteiger partial charge on any atom is -0.467 e. The van der Waals surface area contributed by atoms with E-state index in [9.17, 15) is 14.4 Å². The lowest BCUT2D eigenvalue weighted by Gasteiger charge is -2.30. The molecule has 0 unspecified atom stereocenters. The molecule has 3 heterocycles. The molecule has 30 heavy (non-hydrogen) atoms. The van der Waals surface area contributed by atoms with Gasteiger partial charge in [0.05, 0.1) is 37.2 Å². The maximum Gasteiger partial charge on any atom is 0.340 e. The van der Waals surface area contributed by atoms with Crippen LogP contribution in [0.3, 0.4) is 0 Å². The van der Waals surface area contributed by atoms with Crippen LogP contribution in [0.5, 0.6) is 0 Å². The van der Waals surface area contributed by atoms with E-state index >= 15 is 0 Å². The first-order valence-corrected chi connectivity index (χ1v) is 10.3. The summed E-state index contributed by atoms with van der Waals surface area (Å²) in [7, 11) is 0. The Morgan fingerprint density at radius 3 is 2.63 bits per heavy atom. The van der Waals surface area contributed by atoms with Crippen LogP contribution in [0, 0.1) is 19.8 Å². The van der Waals surface area contributed by atoms with Crippen molar-refractivity contribution in [1.82, 2.24) is 15.2 Å². The molecule has 0 spiro atoms. The number of aromatic nitrogens is 1. The van der Waals surface area contributed by atoms with E-state index in [0.717, 1.165) is 5.76 Å². The topological polar surface area (TPSA) is 105 Å². The molecule has 0 bridgehead atoms. The number of ether oxygens (including phenoxy) is 1. The molecule has 0 radical (unpaired) electrons. The van der Waals surface area contributed by atoms with Crippen molar-refractivity contribution in [2.24, 2.45) is 5.92 Å². The summed E-state index contributed by atoms with van der Waals surface area (Å²) in [4.78, 5) is 42.4. The zero-order chi connectivity index (χ0) is 21.7. The number of ketones is 1. The fourth-order valence-corrected chi connectivity index (χ4v) is 3.91. The molecule has 2 aromatic heterocycles. The molecule has 1 saturated heterocycles. The largest absolute Gasteiger partial charge is 0.467 e. The van der Waals surface area contributed by atoms with Crippen LogP contribution in [-0.4, -0.2) is 53.8 Å². The Morgan fingerprint density at radius 2 is 2.00 bits per heavy atom. The quantitative estimate of drug-likeness (QED) is 0.507. The molecule has 2 aromatic rings. The van der Waals surface area contributed by atoms with Gasteiger partial charge in [0, 0.05) is 11.6 Å². The summed E-state index contributed by atoms with van der Waals surface area (Å²) in [5.74, 6) is 0.213. The van der Waals surface area contributed by atoms with Crippen molar-refractivity contribution in [3.63, 3.8) is 0 Å². The normalized spacial score (nSPS) is 15.2. The molecule has 0 atom stereocenters. The zero-order valence-corrected chi connectivity index (χ0v) is 17.7. The molecule has 1 aliphatic heterocycles. The summed E-state index contributed by atoms with van der Waals surface area (Å²) in [6.45, 7) is 7.56. The number of amides is 1. The smallest absolute Gasteiger partial charge is 0.340 e. The Balaban J connectivity index is 1.51. The van der Waals surface area contributed by atoms with Crippen LogP contribution in [0.25, 0.3) is 0 Å². The van der Waals surface area contributed by atoms with Crippen molar-refractivity contribution in [3.8, 4) is 0 Å². The summed E-state index contributed by atoms with van der Waals surface area (Å²) in [6.07, 6.45) is 2.99. The van der Waals surface area contributed by atoms with Crippen molar-refractivity contribution >= 4 is 17.7 Å². The lowest BCUT2D eigenvalue weighted by atomic mass is 9.95. The van der Waals surface area contributed by atoms with Crippen molar-refractivity contribution in [2.75, 3.05) is 26.2 Å². The molecule has 1 amide bonds. The van der Waals surface area contributed by atoms with Crippen LogP contribution < -0.4 is 5.32 Å². The van der Waals surface area contributed by atoms with Crippen molar-refractivity contribution < 1.29 is 23.5 Å². The average molecular weight is 415 g/mol. The summed E-state index contributed by atoms with van der Waals surface area (Å²) in [5.41, 5.74) is 2.16. The fraction of sp³-hybridized carbons (Fsp3) is 0.500. The molecule has 0 saturated carbocycles. The maximum absolute atomic E-state index is 12.8. The summed E-state index contributed by atoms with van der Waals surface area (Å²) in [6, 6.07) is 3.62. The number of H-pyrrole nitrogens is 1. The number of hydrogen-bond donors (Lipinski definition) is 2. The Hall–Kier alpha value is -2.87. The van der Waals surface area contributed by atoms with Crippen molar-refractivity contribution in [3.05, 3.63) is 46.7 Å². The number of nitrogens with one attached hydrogen (secondary N) is 2. The number of carbonyl (C=O) groups is 3. The van der Waals surface area contributed by atoms with Gasteiger partial charge in [-0.1, -0.05) is 0 Å². The zero-order valence-electron chi connectivity index (χ0n) is 17.7. The average Bonchev–Trinajstić information content (AvgIpc) is 3.34. The molecule has 1 fully saturated rings. The van der Waals surface area contributed by atoms with Crippen LogP contribution in [0.15, 0.2) is 22.8 Å². The highest BCUT2D eigenvalue weighted by molar-refractivity contribution is 6.02. The van der Waals surface area contributed by atoms with E-state index < -0.39 is 5.97 Å². The second kappa shape index (κ2) is 9.75. The van der Waals surface area contributed by atoms with Gasteiger partial charge in [-0.2, -0.15) is 0 Å². The first-order chi connectivity index (χ1) is 14.4. The predicted molar refractivity (Wildman–Crippen MR) is 110 cm³/mol. The number of aryl methyl sites for hydroxylation is 1. The molecule has 2 N–H and O–H groups in total. The van der Waals surface area contributed by atoms with Gasteiger partial charge in [0.25, 0.3) is 0 Å². The summed E-state index contributed by atoms with van der Waals surface area (Å²) >= 11 is 0. The minimum atomic E-state index is -0.413. The molecular weight excluding hydrogens is 386 g/mol. The monoisotopic (exact) mass is 415 g/mol. The van der Waals surface area contributed by atoms with Gasteiger partial charge in [-0.3, -0.25) is 14.5 Å². The SMILES string of the molecule is CCOC(=O)c1c(C)[nH]c(C(=O)CN2CCC(C(=O)NCc3ccco3)CC2)c1C. The molecule has 0 aliphatic carbocycles. The third-order valence-corrected chi connectivity index (χ3v) is 5.54. The standard InChI is InChI=1S/C22H29N3O5/c1-4-29-22(28)19-14(2)20(24-15(19)3)18(26)13-25-9-7-16(8-10-25)21(27)23-12-17-6-5-11-30-17/h5-6,11,16,24H,4,7-10,12-13H2,1-3H3,(H,23,27). The number of piperidine rings is 1. The number of nitrogens with zero attached hydrogens (tertiary/aromatic N) is 1. The number of likely N-dealkylation sites (tertiary alicyclic amines) is 1. The Labute approximate surface area is 176 Å². The van der Waals surface area contributed by atoms with Crippen LogP contribution in [-0.2, 0) is 16.1 Å². The van der Waals surface area contributed by atoms with Gasteiger partial charge in [0.1, 0.15) is 5.76 Å². The Bertz CT molecular complexity index is 892. The second-order valence-corrected chi connectivity index (χ2v) is 7.62. The van der Waals surface area contributed by atoms with Crippen LogP contribution in [0.4, 0.5) is 0 Å². The second-order valence-electron chi connectivity index (χ2n) is 7.62. The highest BCUT2D eigenvalue weighted by atomic mass is 16.5. The van der Waals surface area contributed by atoms with E-state index in [-0.39, 0.29) is 30.8 Å². The van der Waals surface area contributed by atoms with Crippen LogP contribution in [0.2, 0.25) is 0 Å². The third kappa shape index (κ3) is 4.99. The highest BCUT2D eigenvalue weighted by Crippen LogP contribution is 2.22. The highest BCUT2D eigenvalue weighted by Gasteiger charge is 2.28. The molecule has 1 aliphatic rings. The first-order valence-electron chi connectivity index (χ1n) is 10.3. The predicted octanol–water partition coefficient (Wildman–Crippen LogP) is 2.61. The van der Waals surface area contributed by atoms with Gasteiger partial charge in [-0.25, -0.2) is 4.79 Å². The van der Waals surface area contributed by atoms with E-state index in [1.165, 1.54) is 0 Å². The van der Waals surface area contributed by atoms with Gasteiger partial charge >= 0.3 is 5.97 Å². The molecule has 3 rings (SSSR count). The van der Waals surface area contributed by atoms with Gasteiger partial charge in [-0.15, -0.1) is 0 Å². The lowest BCUT2D eigenvalue weighted by molar-refractivity contribution is -0.126. The Morgan fingerprint density at radius 1 is 1.27 bits per heavy atom. The van der Waals surface area contributed by atoms with E-state index in [1.54, 1.807) is 33.1 Å². The first kappa shape index (κ1) is 21.8. The molecular formula is C22H29N3O5. The van der Waals surface area contributed by atoms with Gasteiger partial charge in [0.15, 0.2) is 5.78 Å². The Kier molecular flexibility index (Phi) is 7.10. The van der Waals surface area contributed by atoms with E-state index in [1.807, 2.05) is 6.07 Å². The number of Topliss-reactive ketones (excluding diaryl/α,β-unsaturated/α-hetero) is 1.